The van der Waals surface area contributed by atoms with E-state index in [1.54, 1.807) is 0 Å². The smallest absolute Gasteiger partial charge is 0.145 e. The average molecular weight is 1030 g/mol. The van der Waals surface area contributed by atoms with Crippen LogP contribution in [-0.4, -0.2) is 0 Å². The van der Waals surface area contributed by atoms with Gasteiger partial charge in [0.1, 0.15) is 11.2 Å². The molecular formula is C75H56N2OS. The summed E-state index contributed by atoms with van der Waals surface area (Å²) in [5.41, 5.74) is 27.7. The van der Waals surface area contributed by atoms with E-state index >= 15 is 0 Å². The highest BCUT2D eigenvalue weighted by Crippen LogP contribution is 2.66. The van der Waals surface area contributed by atoms with Crippen LogP contribution in [0.15, 0.2) is 245 Å². The number of hydrogen-bond donors (Lipinski definition) is 0. The SMILES string of the molecule is Cc1cccc(N(c2ccc3c(c2)C(C)(C)c2ccccc2-3)c2ccc3c(c2)C2(c4ccccc4Sc4ccccc42)c2cc(N(c4cccc(C)c4)c4ccc5c(c4)C(C)(C)c4ccccc4-5)c4c(oc5ccccc54)c2-3)c1. The van der Waals surface area contributed by atoms with E-state index in [0.717, 1.165) is 61.6 Å². The molecule has 0 N–H and O–H groups in total. The molecule has 0 atom stereocenters. The molecule has 0 saturated heterocycles. The van der Waals surface area contributed by atoms with Crippen LogP contribution in [0.1, 0.15) is 83.3 Å². The van der Waals surface area contributed by atoms with Gasteiger partial charge in [-0.05, 0) is 182 Å². The molecule has 1 aliphatic heterocycles. The van der Waals surface area contributed by atoms with Crippen molar-refractivity contribution in [2.24, 2.45) is 0 Å². The maximum absolute atomic E-state index is 7.47. The normalized spacial score (nSPS) is 15.0. The minimum atomic E-state index is -0.749. The van der Waals surface area contributed by atoms with Gasteiger partial charge in [0.25, 0.3) is 0 Å². The Bertz CT molecular complexity index is 4550. The van der Waals surface area contributed by atoms with Crippen molar-refractivity contribution in [1.82, 2.24) is 0 Å². The van der Waals surface area contributed by atoms with Gasteiger partial charge in [-0.15, -0.1) is 0 Å². The number of para-hydroxylation sites is 1. The lowest BCUT2D eigenvalue weighted by atomic mass is 9.67. The zero-order chi connectivity index (χ0) is 53.1. The highest BCUT2D eigenvalue weighted by atomic mass is 32.2. The fourth-order valence-electron chi connectivity index (χ4n) is 14.6. The number of benzene rings is 11. The predicted octanol–water partition coefficient (Wildman–Crippen LogP) is 20.6. The first-order chi connectivity index (χ1) is 38.5. The molecule has 2 heterocycles. The fourth-order valence-corrected chi connectivity index (χ4v) is 15.8. The largest absolute Gasteiger partial charge is 0.455 e. The lowest BCUT2D eigenvalue weighted by Gasteiger charge is -2.40. The molecule has 378 valence electrons. The molecule has 11 aromatic carbocycles. The fraction of sp³-hybridized carbons (Fsp3) is 0.120. The van der Waals surface area contributed by atoms with Crippen molar-refractivity contribution >= 4 is 67.8 Å². The summed E-state index contributed by atoms with van der Waals surface area (Å²) in [7, 11) is 0. The van der Waals surface area contributed by atoms with Gasteiger partial charge in [0.2, 0.25) is 0 Å². The van der Waals surface area contributed by atoms with Crippen LogP contribution < -0.4 is 9.80 Å². The third-order valence-electron chi connectivity index (χ3n) is 18.2. The average Bonchev–Trinajstić information content (AvgIpc) is 3.49. The first-order valence-electron chi connectivity index (χ1n) is 27.7. The van der Waals surface area contributed by atoms with Gasteiger partial charge < -0.3 is 14.2 Å². The third-order valence-corrected chi connectivity index (χ3v) is 19.3. The zero-order valence-corrected chi connectivity index (χ0v) is 46.0. The zero-order valence-electron chi connectivity index (χ0n) is 45.2. The Balaban J connectivity index is 1.01. The minimum absolute atomic E-state index is 0.167. The second kappa shape index (κ2) is 16.6. The van der Waals surface area contributed by atoms with E-state index in [1.807, 2.05) is 11.8 Å². The molecule has 12 aromatic rings. The van der Waals surface area contributed by atoms with E-state index in [-0.39, 0.29) is 10.8 Å². The summed E-state index contributed by atoms with van der Waals surface area (Å²) in [5, 5.41) is 2.19. The van der Waals surface area contributed by atoms with Gasteiger partial charge in [-0.3, -0.25) is 0 Å². The number of aryl methyl sites for hydroxylation is 2. The molecule has 0 amide bonds. The summed E-state index contributed by atoms with van der Waals surface area (Å²) in [6.45, 7) is 13.9. The maximum Gasteiger partial charge on any atom is 0.145 e. The van der Waals surface area contributed by atoms with Gasteiger partial charge >= 0.3 is 0 Å². The van der Waals surface area contributed by atoms with Crippen molar-refractivity contribution in [1.29, 1.82) is 0 Å². The van der Waals surface area contributed by atoms with Crippen LogP contribution in [0.4, 0.5) is 34.1 Å². The summed E-state index contributed by atoms with van der Waals surface area (Å²) in [4.78, 5) is 7.53. The molecule has 16 rings (SSSR count). The number of fused-ring (bicyclic) bond motifs is 19. The van der Waals surface area contributed by atoms with Crippen molar-refractivity contribution in [2.45, 2.75) is 67.6 Å². The summed E-state index contributed by atoms with van der Waals surface area (Å²) in [5.74, 6) is 0. The van der Waals surface area contributed by atoms with E-state index in [4.69, 9.17) is 4.42 Å². The van der Waals surface area contributed by atoms with Crippen LogP contribution >= 0.6 is 11.8 Å². The Hall–Kier alpha value is -8.83. The molecule has 3 aliphatic carbocycles. The van der Waals surface area contributed by atoms with Gasteiger partial charge in [0.05, 0.1) is 16.5 Å². The van der Waals surface area contributed by atoms with Gasteiger partial charge in [-0.1, -0.05) is 185 Å². The van der Waals surface area contributed by atoms with Crippen LogP contribution in [-0.2, 0) is 16.2 Å². The number of nitrogens with zero attached hydrogens (tertiary/aromatic N) is 2. The molecule has 0 radical (unpaired) electrons. The molecule has 1 spiro atoms. The quantitative estimate of drug-likeness (QED) is 0.165. The second-order valence-electron chi connectivity index (χ2n) is 23.3. The number of furan rings is 1. The Morgan fingerprint density at radius 3 is 1.39 bits per heavy atom. The topological polar surface area (TPSA) is 19.6 Å². The summed E-state index contributed by atoms with van der Waals surface area (Å²) >= 11 is 1.88. The molecule has 0 saturated carbocycles. The lowest BCUT2D eigenvalue weighted by Crippen LogP contribution is -2.32. The molecule has 3 nitrogen and oxygen atoms in total. The van der Waals surface area contributed by atoms with Crippen molar-refractivity contribution in [2.75, 3.05) is 9.80 Å². The van der Waals surface area contributed by atoms with E-state index in [2.05, 4.69) is 282 Å². The molecule has 0 fully saturated rings. The van der Waals surface area contributed by atoms with Crippen LogP contribution in [0, 0.1) is 13.8 Å². The van der Waals surface area contributed by atoms with Crippen molar-refractivity contribution in [3.63, 3.8) is 0 Å². The Morgan fingerprint density at radius 2 is 0.810 bits per heavy atom. The summed E-state index contributed by atoms with van der Waals surface area (Å²) < 4.78 is 7.47. The summed E-state index contributed by atoms with van der Waals surface area (Å²) in [6, 6.07) is 87.1. The Morgan fingerprint density at radius 1 is 0.354 bits per heavy atom. The van der Waals surface area contributed by atoms with E-state index in [9.17, 15) is 0 Å². The molecule has 4 heteroatoms. The lowest BCUT2D eigenvalue weighted by molar-refractivity contribution is 0.660. The Kier molecular flexibility index (Phi) is 9.72. The van der Waals surface area contributed by atoms with Crippen LogP contribution in [0.3, 0.4) is 0 Å². The molecular weight excluding hydrogens is 977 g/mol. The first-order valence-corrected chi connectivity index (χ1v) is 28.5. The van der Waals surface area contributed by atoms with Crippen LogP contribution in [0.25, 0.3) is 55.3 Å². The molecule has 4 aliphatic rings. The van der Waals surface area contributed by atoms with Crippen LogP contribution in [0.2, 0.25) is 0 Å². The van der Waals surface area contributed by atoms with Gasteiger partial charge in [0, 0.05) is 60.0 Å². The van der Waals surface area contributed by atoms with Crippen LogP contribution in [0.5, 0.6) is 0 Å². The molecule has 1 aromatic heterocycles. The first kappa shape index (κ1) is 46.3. The summed E-state index contributed by atoms with van der Waals surface area (Å²) in [6.07, 6.45) is 0. The Labute approximate surface area is 466 Å². The highest BCUT2D eigenvalue weighted by molar-refractivity contribution is 7.99. The molecule has 0 unspecified atom stereocenters. The third kappa shape index (κ3) is 6.38. The second-order valence-corrected chi connectivity index (χ2v) is 24.4. The van der Waals surface area contributed by atoms with Gasteiger partial charge in [-0.25, -0.2) is 0 Å². The standard InChI is InChI=1S/C75H56N2OS/c1-45-19-17-21-47(39-45)76(49-33-36-54-52-23-7-10-26-58(52)73(3,4)62(54)41-49)50-35-38-56-64(43-50)75(60-28-12-15-31-68(60)79-69-32-16-13-29-61(69)75)65-44-66(71-57-25-9-14-30-67(57)78-72(71)70(56)65)77(48-22-18-20-46(2)40-48)51-34-37-55-53-24-8-11-27-59(53)74(5,6)63(55)42-51/h7-44H,1-6H3. The van der Waals surface area contributed by atoms with Gasteiger partial charge in [-0.2, -0.15) is 0 Å². The minimum Gasteiger partial charge on any atom is -0.455 e. The number of anilines is 6. The number of rotatable bonds is 6. The van der Waals surface area contributed by atoms with Gasteiger partial charge in [0.15, 0.2) is 0 Å². The van der Waals surface area contributed by atoms with Crippen molar-refractivity contribution < 1.29 is 4.42 Å². The predicted molar refractivity (Wildman–Crippen MR) is 329 cm³/mol. The maximum atomic E-state index is 7.47. The highest BCUT2D eigenvalue weighted by Gasteiger charge is 2.52. The molecule has 79 heavy (non-hydrogen) atoms. The monoisotopic (exact) mass is 1030 g/mol. The van der Waals surface area contributed by atoms with E-state index in [0.29, 0.717) is 0 Å². The molecule has 0 bridgehead atoms. The van der Waals surface area contributed by atoms with E-state index < -0.39 is 5.41 Å². The van der Waals surface area contributed by atoms with E-state index in [1.165, 1.54) is 93.2 Å². The van der Waals surface area contributed by atoms with Crippen molar-refractivity contribution in [3.05, 3.63) is 286 Å². The number of hydrogen-bond acceptors (Lipinski definition) is 4. The van der Waals surface area contributed by atoms with Crippen molar-refractivity contribution in [3.8, 4) is 33.4 Å².